The molecular formula is C20H21N5O4. The van der Waals surface area contributed by atoms with Crippen molar-refractivity contribution in [2.24, 2.45) is 0 Å². The average molecular weight is 395 g/mol. The Morgan fingerprint density at radius 2 is 1.86 bits per heavy atom. The number of nitrogens with zero attached hydrogens (tertiary/aromatic N) is 4. The Balaban J connectivity index is 1.79. The molecule has 1 aromatic heterocycles. The van der Waals surface area contributed by atoms with Gasteiger partial charge in [0.2, 0.25) is 5.91 Å². The third kappa shape index (κ3) is 4.95. The Bertz CT molecular complexity index is 1060. The van der Waals surface area contributed by atoms with Crippen LogP contribution < -0.4 is 5.32 Å². The van der Waals surface area contributed by atoms with Gasteiger partial charge in [-0.1, -0.05) is 41.6 Å². The van der Waals surface area contributed by atoms with Gasteiger partial charge in [0, 0.05) is 14.1 Å². The zero-order chi connectivity index (χ0) is 21.0. The van der Waals surface area contributed by atoms with Gasteiger partial charge in [0.05, 0.1) is 18.7 Å². The molecule has 1 heterocycles. The number of likely N-dealkylation sites (N-methyl/N-ethyl adjacent to an activating group) is 1. The monoisotopic (exact) mass is 395 g/mol. The Labute approximate surface area is 166 Å². The van der Waals surface area contributed by atoms with E-state index >= 15 is 0 Å². The van der Waals surface area contributed by atoms with Gasteiger partial charge in [-0.15, -0.1) is 5.10 Å². The molecular weight excluding hydrogens is 374 g/mol. The number of hydrogen-bond donors (Lipinski definition) is 2. The van der Waals surface area contributed by atoms with E-state index in [4.69, 9.17) is 0 Å². The van der Waals surface area contributed by atoms with Crippen LogP contribution in [0.4, 0.5) is 0 Å². The van der Waals surface area contributed by atoms with E-state index in [1.54, 1.807) is 20.2 Å². The maximum Gasteiger partial charge on any atom is 0.305 e. The number of aromatic nitrogens is 3. The zero-order valence-electron chi connectivity index (χ0n) is 16.1. The summed E-state index contributed by atoms with van der Waals surface area (Å²) in [5, 5.41) is 21.5. The van der Waals surface area contributed by atoms with Crippen molar-refractivity contribution < 1.29 is 19.5 Å². The molecule has 2 N–H and O–H groups in total. The molecule has 1 atom stereocenters. The SMILES string of the molecule is CN(C)C(=O)Cn1cc(C(=O)N[C@@H](CC(=O)O)c2ccc3ccccc3c2)nn1. The number of benzene rings is 2. The van der Waals surface area contributed by atoms with Gasteiger partial charge in [-0.2, -0.15) is 0 Å². The number of hydrogen-bond acceptors (Lipinski definition) is 5. The Hall–Kier alpha value is -3.75. The molecule has 3 rings (SSSR count). The molecule has 9 nitrogen and oxygen atoms in total. The van der Waals surface area contributed by atoms with E-state index in [2.05, 4.69) is 15.6 Å². The minimum Gasteiger partial charge on any atom is -0.481 e. The Morgan fingerprint density at radius 1 is 1.14 bits per heavy atom. The van der Waals surface area contributed by atoms with E-state index in [9.17, 15) is 19.5 Å². The second kappa shape index (κ2) is 8.51. The fourth-order valence-corrected chi connectivity index (χ4v) is 2.84. The summed E-state index contributed by atoms with van der Waals surface area (Å²) in [5.41, 5.74) is 0.683. The van der Waals surface area contributed by atoms with Crippen LogP contribution in [0.25, 0.3) is 10.8 Å². The molecule has 0 saturated heterocycles. The fraction of sp³-hybridized carbons (Fsp3) is 0.250. The molecule has 0 bridgehead atoms. The minimum absolute atomic E-state index is 0.00716. The second-order valence-corrected chi connectivity index (χ2v) is 6.82. The van der Waals surface area contributed by atoms with E-state index in [0.717, 1.165) is 10.8 Å². The van der Waals surface area contributed by atoms with E-state index in [-0.39, 0.29) is 24.6 Å². The molecule has 0 unspecified atom stereocenters. The summed E-state index contributed by atoms with van der Waals surface area (Å²) >= 11 is 0. The van der Waals surface area contributed by atoms with Crippen molar-refractivity contribution in [1.82, 2.24) is 25.2 Å². The number of carbonyl (C=O) groups excluding carboxylic acids is 2. The smallest absolute Gasteiger partial charge is 0.305 e. The van der Waals surface area contributed by atoms with Gasteiger partial charge < -0.3 is 15.3 Å². The van der Waals surface area contributed by atoms with Crippen molar-refractivity contribution in [3.63, 3.8) is 0 Å². The first-order chi connectivity index (χ1) is 13.8. The normalized spacial score (nSPS) is 11.8. The quantitative estimate of drug-likeness (QED) is 0.625. The summed E-state index contributed by atoms with van der Waals surface area (Å²) in [4.78, 5) is 37.1. The summed E-state index contributed by atoms with van der Waals surface area (Å²) in [5.74, 6) is -1.79. The predicted molar refractivity (Wildman–Crippen MR) is 105 cm³/mol. The molecule has 150 valence electrons. The largest absolute Gasteiger partial charge is 0.481 e. The molecule has 2 amide bonds. The van der Waals surface area contributed by atoms with Gasteiger partial charge in [0.25, 0.3) is 5.91 Å². The van der Waals surface area contributed by atoms with Crippen LogP contribution in [0.3, 0.4) is 0 Å². The summed E-state index contributed by atoms with van der Waals surface area (Å²) in [6.07, 6.45) is 1.08. The van der Waals surface area contributed by atoms with E-state index < -0.39 is 17.9 Å². The lowest BCUT2D eigenvalue weighted by Crippen LogP contribution is -2.30. The molecule has 0 aliphatic heterocycles. The van der Waals surface area contributed by atoms with Crippen molar-refractivity contribution in [2.45, 2.75) is 19.0 Å². The van der Waals surface area contributed by atoms with E-state index in [1.807, 2.05) is 36.4 Å². The van der Waals surface area contributed by atoms with E-state index in [0.29, 0.717) is 5.56 Å². The van der Waals surface area contributed by atoms with Crippen LogP contribution in [0.5, 0.6) is 0 Å². The maximum absolute atomic E-state index is 12.6. The summed E-state index contributed by atoms with van der Waals surface area (Å²) in [7, 11) is 3.24. The van der Waals surface area contributed by atoms with Crippen LogP contribution in [0.2, 0.25) is 0 Å². The van der Waals surface area contributed by atoms with Gasteiger partial charge in [0.15, 0.2) is 5.69 Å². The molecule has 0 radical (unpaired) electrons. The fourth-order valence-electron chi connectivity index (χ4n) is 2.84. The number of fused-ring (bicyclic) bond motifs is 1. The number of amides is 2. The van der Waals surface area contributed by atoms with Crippen molar-refractivity contribution in [3.8, 4) is 0 Å². The number of carbonyl (C=O) groups is 3. The average Bonchev–Trinajstić information content (AvgIpc) is 3.15. The molecule has 0 aliphatic rings. The molecule has 2 aromatic carbocycles. The van der Waals surface area contributed by atoms with Crippen molar-refractivity contribution in [2.75, 3.05) is 14.1 Å². The lowest BCUT2D eigenvalue weighted by molar-refractivity contribution is -0.137. The van der Waals surface area contributed by atoms with Crippen LogP contribution >= 0.6 is 0 Å². The van der Waals surface area contributed by atoms with Gasteiger partial charge >= 0.3 is 5.97 Å². The lowest BCUT2D eigenvalue weighted by Gasteiger charge is -2.17. The van der Waals surface area contributed by atoms with Gasteiger partial charge in [-0.05, 0) is 22.4 Å². The summed E-state index contributed by atoms with van der Waals surface area (Å²) in [6, 6.07) is 12.5. The minimum atomic E-state index is -1.04. The van der Waals surface area contributed by atoms with Crippen LogP contribution in [-0.2, 0) is 16.1 Å². The number of aliphatic carboxylic acids is 1. The highest BCUT2D eigenvalue weighted by Crippen LogP contribution is 2.23. The third-order valence-corrected chi connectivity index (χ3v) is 4.43. The van der Waals surface area contributed by atoms with Crippen LogP contribution in [-0.4, -0.2) is 56.9 Å². The first-order valence-corrected chi connectivity index (χ1v) is 8.95. The number of rotatable bonds is 7. The van der Waals surface area contributed by atoms with Gasteiger partial charge in [0.1, 0.15) is 6.54 Å². The van der Waals surface area contributed by atoms with Crippen molar-refractivity contribution >= 4 is 28.6 Å². The zero-order valence-corrected chi connectivity index (χ0v) is 16.1. The van der Waals surface area contributed by atoms with Gasteiger partial charge in [-0.3, -0.25) is 14.4 Å². The van der Waals surface area contributed by atoms with Crippen LogP contribution in [0.1, 0.15) is 28.5 Å². The first-order valence-electron chi connectivity index (χ1n) is 8.95. The third-order valence-electron chi connectivity index (χ3n) is 4.43. The summed E-state index contributed by atoms with van der Waals surface area (Å²) < 4.78 is 1.26. The first kappa shape index (κ1) is 20.0. The molecule has 0 spiro atoms. The van der Waals surface area contributed by atoms with Crippen molar-refractivity contribution in [3.05, 3.63) is 59.9 Å². The molecule has 0 fully saturated rings. The summed E-state index contributed by atoms with van der Waals surface area (Å²) in [6.45, 7) is -0.0451. The number of carboxylic acid groups (broad SMARTS) is 1. The highest BCUT2D eigenvalue weighted by atomic mass is 16.4. The molecule has 3 aromatic rings. The maximum atomic E-state index is 12.6. The molecule has 0 aliphatic carbocycles. The Kier molecular flexibility index (Phi) is 5.87. The second-order valence-electron chi connectivity index (χ2n) is 6.82. The standard InChI is InChI=1S/C20H21N5O4/c1-24(2)18(26)12-25-11-17(22-23-25)20(29)21-16(10-19(27)28)15-8-7-13-5-3-4-6-14(13)9-15/h3-9,11,16H,10,12H2,1-2H3,(H,21,29)(H,27,28)/t16-/m0/s1. The number of carboxylic acids is 1. The Morgan fingerprint density at radius 3 is 2.55 bits per heavy atom. The topological polar surface area (TPSA) is 117 Å². The lowest BCUT2D eigenvalue weighted by atomic mass is 9.99. The molecule has 29 heavy (non-hydrogen) atoms. The highest BCUT2D eigenvalue weighted by molar-refractivity contribution is 5.92. The number of nitrogens with one attached hydrogen (secondary N) is 1. The van der Waals surface area contributed by atoms with Crippen LogP contribution in [0, 0.1) is 0 Å². The highest BCUT2D eigenvalue weighted by Gasteiger charge is 2.21. The van der Waals surface area contributed by atoms with E-state index in [1.165, 1.54) is 15.8 Å². The molecule has 9 heteroatoms. The predicted octanol–water partition coefficient (Wildman–Crippen LogP) is 1.47. The van der Waals surface area contributed by atoms with Crippen LogP contribution in [0.15, 0.2) is 48.7 Å². The van der Waals surface area contributed by atoms with Gasteiger partial charge in [-0.25, -0.2) is 4.68 Å². The molecule has 0 saturated carbocycles. The van der Waals surface area contributed by atoms with Crippen molar-refractivity contribution in [1.29, 1.82) is 0 Å².